The molecule has 0 saturated carbocycles. The lowest BCUT2D eigenvalue weighted by atomic mass is 10.1. The molecule has 0 atom stereocenters. The predicted octanol–water partition coefficient (Wildman–Crippen LogP) is 6.24. The van der Waals surface area contributed by atoms with Gasteiger partial charge in [0.15, 0.2) is 0 Å². The minimum Gasteiger partial charge on any atom is -0.478 e. The van der Waals surface area contributed by atoms with E-state index in [1.807, 2.05) is 60.9 Å². The fourth-order valence-corrected chi connectivity index (χ4v) is 5.79. The summed E-state index contributed by atoms with van der Waals surface area (Å²) in [6, 6.07) is 15.5. The second-order valence-corrected chi connectivity index (χ2v) is 12.5. The molecule has 2 aromatic carbocycles. The van der Waals surface area contributed by atoms with Crippen LogP contribution in [-0.4, -0.2) is 113 Å². The van der Waals surface area contributed by atoms with Gasteiger partial charge in [-0.1, -0.05) is 58.7 Å². The van der Waals surface area contributed by atoms with Crippen LogP contribution in [0.15, 0.2) is 85.5 Å². The highest BCUT2D eigenvalue weighted by molar-refractivity contribution is 5.90. The fourth-order valence-electron chi connectivity index (χ4n) is 5.79. The Morgan fingerprint density at radius 2 is 1.09 bits per heavy atom. The van der Waals surface area contributed by atoms with Crippen molar-refractivity contribution in [1.29, 1.82) is 0 Å². The van der Waals surface area contributed by atoms with Crippen molar-refractivity contribution in [3.05, 3.63) is 96.6 Å². The van der Waals surface area contributed by atoms with Crippen molar-refractivity contribution >= 4 is 35.7 Å². The van der Waals surface area contributed by atoms with Crippen LogP contribution in [0.3, 0.4) is 0 Å². The largest absolute Gasteiger partial charge is 0.478 e. The van der Waals surface area contributed by atoms with Crippen LogP contribution in [-0.2, 0) is 9.59 Å². The first-order chi connectivity index (χ1) is 24.2. The third-order valence-electron chi connectivity index (χ3n) is 8.55. The number of carboxylic acid groups (broad SMARTS) is 1. The summed E-state index contributed by atoms with van der Waals surface area (Å²) in [5.74, 6) is 0.377. The molecule has 2 fully saturated rings. The summed E-state index contributed by atoms with van der Waals surface area (Å²) in [6.45, 7) is 8.11. The number of carbonyl (C=O) groups is 2. The van der Waals surface area contributed by atoms with Crippen LogP contribution in [0.25, 0.3) is 34.7 Å². The third kappa shape index (κ3) is 14.1. The van der Waals surface area contributed by atoms with Crippen LogP contribution < -0.4 is 21.7 Å². The van der Waals surface area contributed by atoms with E-state index in [0.29, 0.717) is 0 Å². The number of hydrogen-bond donors (Lipinski definition) is 3. The monoisotopic (exact) mass is 740 g/mol. The Balaban J connectivity index is 0.000000503. The maximum absolute atomic E-state index is 10.9. The molecule has 1 amide bonds. The third-order valence-corrected chi connectivity index (χ3v) is 8.55. The number of aliphatic carboxylic acids is 1. The van der Waals surface area contributed by atoms with E-state index in [0.717, 1.165) is 117 Å². The number of carbonyl (C=O) groups excluding carboxylic acids is 1. The van der Waals surface area contributed by atoms with Crippen molar-refractivity contribution in [2.75, 3.05) is 76.3 Å². The van der Waals surface area contributed by atoms with E-state index in [4.69, 9.17) is 20.8 Å². The molecule has 2 aliphatic rings. The number of hydrogen-bond acceptors (Lipinski definition) is 11. The summed E-state index contributed by atoms with van der Waals surface area (Å²) in [5, 5.41) is 8.77. The van der Waals surface area contributed by atoms with E-state index < -0.39 is 11.9 Å². The molecule has 2 aliphatic heterocycles. The maximum atomic E-state index is 10.9. The van der Waals surface area contributed by atoms with Crippen molar-refractivity contribution in [3.8, 4) is 22.5 Å². The van der Waals surface area contributed by atoms with Crippen LogP contribution in [0.1, 0.15) is 46.2 Å². The highest BCUT2D eigenvalue weighted by Crippen LogP contribution is 2.23. The average molecular weight is 741 g/mol. The summed E-state index contributed by atoms with van der Waals surface area (Å²) in [7, 11) is 4.29. The van der Waals surface area contributed by atoms with Gasteiger partial charge in [0, 0.05) is 62.5 Å². The number of nitrogens with zero attached hydrogens (tertiary/aromatic N) is 8. The molecule has 4 aromatic rings. The van der Waals surface area contributed by atoms with Gasteiger partial charge in [-0.05, 0) is 75.4 Å². The Kier molecular flexibility index (Phi) is 20.0. The molecule has 0 unspecified atom stereocenters. The molecule has 2 saturated heterocycles. The fraction of sp³-hybridized carbons (Fsp3) is 0.366. The lowest BCUT2D eigenvalue weighted by Crippen LogP contribution is -2.29. The molecule has 13 heteroatoms. The van der Waals surface area contributed by atoms with Crippen LogP contribution in [0.5, 0.6) is 0 Å². The van der Waals surface area contributed by atoms with Gasteiger partial charge in [-0.3, -0.25) is 14.8 Å². The minimum absolute atomic E-state index is 0. The summed E-state index contributed by atoms with van der Waals surface area (Å²) < 4.78 is 0. The molecule has 292 valence electrons. The molecular weight excluding hydrogens is 681 g/mol. The van der Waals surface area contributed by atoms with Crippen molar-refractivity contribution in [3.63, 3.8) is 0 Å². The van der Waals surface area contributed by atoms with E-state index in [2.05, 4.69) is 43.7 Å². The molecular formula is C41H60N10O3. The molecule has 54 heavy (non-hydrogen) atoms. The van der Waals surface area contributed by atoms with Gasteiger partial charge in [0.1, 0.15) is 11.6 Å². The van der Waals surface area contributed by atoms with Crippen molar-refractivity contribution in [1.82, 2.24) is 35.9 Å². The number of likely N-dealkylation sites (N-methyl/N-ethyl adjacent to an activating group) is 2. The van der Waals surface area contributed by atoms with Crippen LogP contribution in [0, 0.1) is 0 Å². The minimum atomic E-state index is -0.960. The number of anilines is 2. The van der Waals surface area contributed by atoms with Gasteiger partial charge < -0.3 is 36.6 Å². The van der Waals surface area contributed by atoms with E-state index in [9.17, 15) is 9.59 Å². The van der Waals surface area contributed by atoms with E-state index in [1.54, 1.807) is 24.5 Å². The van der Waals surface area contributed by atoms with Crippen LogP contribution >= 0.6 is 0 Å². The van der Waals surface area contributed by atoms with E-state index in [1.165, 1.54) is 6.08 Å². The predicted molar refractivity (Wildman–Crippen MR) is 224 cm³/mol. The number of benzene rings is 2. The number of rotatable bonds is 8. The Morgan fingerprint density at radius 3 is 1.52 bits per heavy atom. The lowest BCUT2D eigenvalue weighted by molar-refractivity contribution is -0.131. The summed E-state index contributed by atoms with van der Waals surface area (Å²) in [6.07, 6.45) is 15.1. The van der Waals surface area contributed by atoms with Gasteiger partial charge in [-0.25, -0.2) is 14.8 Å². The normalized spacial score (nSPS) is 14.9. The molecule has 0 radical (unpaired) electrons. The number of carboxylic acids is 1. The zero-order valence-corrected chi connectivity index (χ0v) is 29.4. The molecule has 0 aliphatic carbocycles. The van der Waals surface area contributed by atoms with Crippen molar-refractivity contribution in [2.24, 2.45) is 5.73 Å². The van der Waals surface area contributed by atoms with Crippen LogP contribution in [0.2, 0.25) is 0 Å². The van der Waals surface area contributed by atoms with Gasteiger partial charge in [-0.15, -0.1) is 0 Å². The molecule has 6 rings (SSSR count). The van der Waals surface area contributed by atoms with Gasteiger partial charge in [0.25, 0.3) is 0 Å². The van der Waals surface area contributed by atoms with Crippen LogP contribution in [0.4, 0.5) is 11.6 Å². The summed E-state index contributed by atoms with van der Waals surface area (Å²) in [4.78, 5) is 49.1. The average Bonchev–Trinajstić information content (AvgIpc) is 3.50. The van der Waals surface area contributed by atoms with E-state index in [-0.39, 0.29) is 28.4 Å². The zero-order chi connectivity index (χ0) is 35.3. The topological polar surface area (TPSA) is 180 Å². The van der Waals surface area contributed by atoms with Crippen molar-refractivity contribution in [2.45, 2.75) is 35.1 Å². The first-order valence-corrected chi connectivity index (χ1v) is 16.8. The summed E-state index contributed by atoms with van der Waals surface area (Å²) in [5.41, 5.74) is 10.4. The molecule has 4 heterocycles. The smallest absolute Gasteiger partial charge is 0.328 e. The second kappa shape index (κ2) is 23.2. The Bertz CT molecular complexity index is 1680. The van der Waals surface area contributed by atoms with Gasteiger partial charge in [-0.2, -0.15) is 0 Å². The molecule has 6 N–H and O–H groups in total. The van der Waals surface area contributed by atoms with Gasteiger partial charge in [0.05, 0.1) is 36.2 Å². The molecule has 2 aromatic heterocycles. The van der Waals surface area contributed by atoms with Gasteiger partial charge >= 0.3 is 5.97 Å². The number of primary amides is 1. The Morgan fingerprint density at radius 1 is 0.648 bits per heavy atom. The first kappa shape index (κ1) is 46.5. The van der Waals surface area contributed by atoms with Gasteiger partial charge in [0.2, 0.25) is 5.91 Å². The van der Waals surface area contributed by atoms with Crippen molar-refractivity contribution < 1.29 is 14.7 Å². The SMILES string of the molecule is C.C.C.CN1CCCN(c2cncc(-c3cccc(/C=C/C(=O)O)c3)n2)CC1.CN1CCCN(c2cncc(-c3cccc(/C=C/C(N)=O)c3)n2)CC1.N. The quantitative estimate of drug-likeness (QED) is 0.174. The maximum Gasteiger partial charge on any atom is 0.328 e. The molecule has 0 bridgehead atoms. The number of nitrogens with two attached hydrogens (primary N) is 1. The Hall–Kier alpha value is -5.50. The number of aromatic nitrogens is 4. The van der Waals surface area contributed by atoms with E-state index >= 15 is 0 Å². The second-order valence-electron chi connectivity index (χ2n) is 12.5. The first-order valence-electron chi connectivity index (χ1n) is 16.8. The Labute approximate surface area is 321 Å². The zero-order valence-electron chi connectivity index (χ0n) is 29.4. The number of amides is 1. The molecule has 13 nitrogen and oxygen atoms in total. The lowest BCUT2D eigenvalue weighted by Gasteiger charge is -2.21. The highest BCUT2D eigenvalue weighted by atomic mass is 16.4. The summed E-state index contributed by atoms with van der Waals surface area (Å²) >= 11 is 0. The highest BCUT2D eigenvalue weighted by Gasteiger charge is 2.16. The standard InChI is InChI=1S/C19H23N5O.C19H22N4O2.3CH4.H3N/c1-23-8-3-9-24(11-10-23)19-14-21-13-17(22-19)16-5-2-4-15(12-16)6-7-18(20)25;1-22-8-3-9-23(11-10-22)18-14-20-13-17(21-18)16-5-2-4-15(12-16)6-7-19(24)25;;;;/h2,4-7,12-14H,3,8-11H2,1H3,(H2,20,25);2,4-7,12-14H,3,8-11H2,1H3,(H,24,25);3*1H4;1H3/b2*7-6+;;;;. The molecule has 0 spiro atoms.